The summed E-state index contributed by atoms with van der Waals surface area (Å²) in [5.74, 6) is 0.417. The summed E-state index contributed by atoms with van der Waals surface area (Å²) in [4.78, 5) is 12.6. The molecule has 0 fully saturated rings. The zero-order chi connectivity index (χ0) is 22.4. The molecule has 3 rings (SSSR count). The molecule has 0 saturated carbocycles. The Bertz CT molecular complexity index is 1230. The van der Waals surface area contributed by atoms with Crippen LogP contribution in [0.15, 0.2) is 70.0 Å². The predicted octanol–water partition coefficient (Wildman–Crippen LogP) is 2.91. The maximum Gasteiger partial charge on any atom is 0.287 e. The minimum absolute atomic E-state index is 0.0180. The zero-order valence-corrected chi connectivity index (χ0v) is 17.8. The van der Waals surface area contributed by atoms with Crippen molar-refractivity contribution in [3.8, 4) is 11.8 Å². The number of benzene rings is 2. The fraction of sp³-hybridized carbons (Fsp3) is 0.182. The van der Waals surface area contributed by atoms with E-state index in [1.165, 1.54) is 26.2 Å². The van der Waals surface area contributed by atoms with Crippen molar-refractivity contribution in [3.63, 3.8) is 0 Å². The molecular formula is C22H21N3O5S. The van der Waals surface area contributed by atoms with Gasteiger partial charge in [0.25, 0.3) is 5.91 Å². The van der Waals surface area contributed by atoms with Crippen LogP contribution in [-0.4, -0.2) is 32.7 Å². The first-order valence-corrected chi connectivity index (χ1v) is 10.8. The molecule has 0 saturated heterocycles. The summed E-state index contributed by atoms with van der Waals surface area (Å²) in [5.41, 5.74) is 0.867. The average molecular weight is 439 g/mol. The standard InChI is InChI=1S/C22H21N3O5S/c1-25(2)31(27,28)21-10-6-4-8-17(21)14-24-22(26)20-12-11-18(30-20)15-29-19-9-5-3-7-16(19)13-23/h3-12H,14-15H2,1-2H3,(H,24,26). The van der Waals surface area contributed by atoms with E-state index >= 15 is 0 Å². The van der Waals surface area contributed by atoms with Crippen LogP contribution in [0.25, 0.3) is 0 Å². The molecule has 3 aromatic rings. The Morgan fingerprint density at radius 3 is 2.55 bits per heavy atom. The quantitative estimate of drug-likeness (QED) is 0.577. The van der Waals surface area contributed by atoms with Crippen molar-refractivity contribution in [3.05, 3.63) is 83.3 Å². The van der Waals surface area contributed by atoms with E-state index < -0.39 is 15.9 Å². The minimum atomic E-state index is -3.64. The summed E-state index contributed by atoms with van der Waals surface area (Å²) < 4.78 is 37.2. The molecule has 0 aliphatic carbocycles. The molecule has 1 amide bonds. The second-order valence-electron chi connectivity index (χ2n) is 6.74. The molecule has 160 valence electrons. The molecule has 0 aliphatic rings. The SMILES string of the molecule is CN(C)S(=O)(=O)c1ccccc1CNC(=O)c1ccc(COc2ccccc2C#N)o1. The van der Waals surface area contributed by atoms with Crippen LogP contribution in [0.5, 0.6) is 5.75 Å². The molecule has 2 aromatic carbocycles. The second-order valence-corrected chi connectivity index (χ2v) is 8.86. The molecular weight excluding hydrogens is 418 g/mol. The third kappa shape index (κ3) is 5.12. The van der Waals surface area contributed by atoms with Crippen molar-refractivity contribution in [1.82, 2.24) is 9.62 Å². The van der Waals surface area contributed by atoms with Crippen LogP contribution in [0.4, 0.5) is 0 Å². The number of nitriles is 1. The van der Waals surface area contributed by atoms with Gasteiger partial charge in [-0.05, 0) is 35.9 Å². The molecule has 0 bridgehead atoms. The van der Waals surface area contributed by atoms with Crippen molar-refractivity contribution >= 4 is 15.9 Å². The molecule has 0 radical (unpaired) electrons. The van der Waals surface area contributed by atoms with Crippen LogP contribution in [0.3, 0.4) is 0 Å². The number of carbonyl (C=O) groups is 1. The lowest BCUT2D eigenvalue weighted by Gasteiger charge is -2.15. The van der Waals surface area contributed by atoms with Gasteiger partial charge in [0.05, 0.1) is 10.5 Å². The number of carbonyl (C=O) groups excluding carboxylic acids is 1. The van der Waals surface area contributed by atoms with Gasteiger partial charge in [-0.15, -0.1) is 0 Å². The van der Waals surface area contributed by atoms with Crippen LogP contribution in [0.1, 0.15) is 27.4 Å². The minimum Gasteiger partial charge on any atom is -0.484 e. The third-order valence-electron chi connectivity index (χ3n) is 4.43. The van der Waals surface area contributed by atoms with Gasteiger partial charge < -0.3 is 14.5 Å². The number of nitrogens with zero attached hydrogens (tertiary/aromatic N) is 2. The number of hydrogen-bond acceptors (Lipinski definition) is 6. The number of amides is 1. The van der Waals surface area contributed by atoms with Crippen molar-refractivity contribution in [2.45, 2.75) is 18.0 Å². The summed E-state index contributed by atoms with van der Waals surface area (Å²) in [7, 11) is -0.735. The summed E-state index contributed by atoms with van der Waals surface area (Å²) in [6.45, 7) is 0.0695. The summed E-state index contributed by atoms with van der Waals surface area (Å²) in [5, 5.41) is 11.8. The lowest BCUT2D eigenvalue weighted by molar-refractivity contribution is 0.0918. The van der Waals surface area contributed by atoms with Crippen LogP contribution < -0.4 is 10.1 Å². The summed E-state index contributed by atoms with van der Waals surface area (Å²) in [6.07, 6.45) is 0. The van der Waals surface area contributed by atoms with E-state index in [9.17, 15) is 13.2 Å². The normalized spacial score (nSPS) is 11.2. The Morgan fingerprint density at radius 1 is 1.10 bits per heavy atom. The first-order valence-electron chi connectivity index (χ1n) is 9.32. The van der Waals surface area contributed by atoms with E-state index in [0.717, 1.165) is 4.31 Å². The van der Waals surface area contributed by atoms with Gasteiger partial charge in [0.15, 0.2) is 5.76 Å². The van der Waals surface area contributed by atoms with Crippen LogP contribution in [-0.2, 0) is 23.2 Å². The first-order chi connectivity index (χ1) is 14.8. The zero-order valence-electron chi connectivity index (χ0n) is 17.0. The van der Waals surface area contributed by atoms with Gasteiger partial charge in [0.1, 0.15) is 24.2 Å². The van der Waals surface area contributed by atoms with Crippen molar-refractivity contribution in [1.29, 1.82) is 5.26 Å². The Labute approximate surface area is 180 Å². The van der Waals surface area contributed by atoms with E-state index in [2.05, 4.69) is 5.32 Å². The third-order valence-corrected chi connectivity index (χ3v) is 6.35. The smallest absolute Gasteiger partial charge is 0.287 e. The molecule has 8 nitrogen and oxygen atoms in total. The second kappa shape index (κ2) is 9.47. The Hall–Kier alpha value is -3.61. The van der Waals surface area contributed by atoms with Crippen LogP contribution in [0, 0.1) is 11.3 Å². The Morgan fingerprint density at radius 2 is 1.81 bits per heavy atom. The maximum absolute atomic E-state index is 12.5. The number of sulfonamides is 1. The number of rotatable bonds is 8. The molecule has 1 aromatic heterocycles. The fourth-order valence-electron chi connectivity index (χ4n) is 2.77. The number of nitrogens with one attached hydrogen (secondary N) is 1. The highest BCUT2D eigenvalue weighted by atomic mass is 32.2. The lowest BCUT2D eigenvalue weighted by Crippen LogP contribution is -2.26. The van der Waals surface area contributed by atoms with E-state index in [-0.39, 0.29) is 23.8 Å². The van der Waals surface area contributed by atoms with Gasteiger partial charge in [0, 0.05) is 20.6 Å². The van der Waals surface area contributed by atoms with Crippen molar-refractivity contribution in [2.24, 2.45) is 0 Å². The first kappa shape index (κ1) is 22.1. The van der Waals surface area contributed by atoms with Crippen LogP contribution >= 0.6 is 0 Å². The van der Waals surface area contributed by atoms with Crippen molar-refractivity contribution < 1.29 is 22.4 Å². The van der Waals surface area contributed by atoms with Crippen LogP contribution in [0.2, 0.25) is 0 Å². The van der Waals surface area contributed by atoms with Gasteiger partial charge in [-0.25, -0.2) is 12.7 Å². The average Bonchev–Trinajstić information content (AvgIpc) is 3.25. The fourth-order valence-corrected chi connectivity index (χ4v) is 3.89. The number of hydrogen-bond donors (Lipinski definition) is 1. The van der Waals surface area contributed by atoms with Gasteiger partial charge in [-0.1, -0.05) is 30.3 Å². The highest BCUT2D eigenvalue weighted by Crippen LogP contribution is 2.20. The summed E-state index contributed by atoms with van der Waals surface area (Å²) >= 11 is 0. The molecule has 0 spiro atoms. The highest BCUT2D eigenvalue weighted by Gasteiger charge is 2.21. The number of para-hydroxylation sites is 1. The largest absolute Gasteiger partial charge is 0.484 e. The lowest BCUT2D eigenvalue weighted by atomic mass is 10.2. The molecule has 0 atom stereocenters. The Balaban J connectivity index is 1.65. The van der Waals surface area contributed by atoms with E-state index in [0.29, 0.717) is 22.6 Å². The van der Waals surface area contributed by atoms with Crippen molar-refractivity contribution in [2.75, 3.05) is 14.1 Å². The highest BCUT2D eigenvalue weighted by molar-refractivity contribution is 7.89. The summed E-state index contributed by atoms with van der Waals surface area (Å²) in [6, 6.07) is 18.4. The molecule has 1 heterocycles. The number of furan rings is 1. The van der Waals surface area contributed by atoms with Gasteiger partial charge in [0.2, 0.25) is 10.0 Å². The Kier molecular flexibility index (Phi) is 6.74. The van der Waals surface area contributed by atoms with E-state index in [1.54, 1.807) is 48.5 Å². The molecule has 0 unspecified atom stereocenters. The van der Waals surface area contributed by atoms with E-state index in [1.807, 2.05) is 6.07 Å². The monoisotopic (exact) mass is 439 g/mol. The molecule has 9 heteroatoms. The molecule has 0 aliphatic heterocycles. The molecule has 1 N–H and O–H groups in total. The van der Waals surface area contributed by atoms with Gasteiger partial charge in [-0.3, -0.25) is 4.79 Å². The maximum atomic E-state index is 12.5. The van der Waals surface area contributed by atoms with Gasteiger partial charge in [-0.2, -0.15) is 5.26 Å². The topological polar surface area (TPSA) is 113 Å². The number of ether oxygens (including phenoxy) is 1. The molecule has 31 heavy (non-hydrogen) atoms. The predicted molar refractivity (Wildman–Crippen MR) is 113 cm³/mol. The van der Waals surface area contributed by atoms with Gasteiger partial charge >= 0.3 is 0 Å². The van der Waals surface area contributed by atoms with E-state index in [4.69, 9.17) is 14.4 Å².